The molecular formula is C66H57N4OPt-3. The molecule has 8 aromatic carbocycles. The fourth-order valence-electron chi connectivity index (χ4n) is 9.99. The van der Waals surface area contributed by atoms with E-state index < -0.39 is 82.7 Å². The molecule has 0 saturated heterocycles. The van der Waals surface area contributed by atoms with Crippen molar-refractivity contribution in [2.75, 3.05) is 9.80 Å². The van der Waals surface area contributed by atoms with Gasteiger partial charge in [0.1, 0.15) is 5.82 Å². The van der Waals surface area contributed by atoms with Crippen LogP contribution >= 0.6 is 0 Å². The predicted octanol–water partition coefficient (Wildman–Crippen LogP) is 17.5. The Hall–Kier alpha value is -7.20. The van der Waals surface area contributed by atoms with Crippen LogP contribution in [-0.4, -0.2) is 9.55 Å². The van der Waals surface area contributed by atoms with Crippen molar-refractivity contribution in [2.24, 2.45) is 5.92 Å². The van der Waals surface area contributed by atoms with Gasteiger partial charge in [-0.2, -0.15) is 12.1 Å². The number of nitrogens with zero attached hydrogens (tertiary/aromatic N) is 4. The van der Waals surface area contributed by atoms with Crippen molar-refractivity contribution in [3.05, 3.63) is 223 Å². The minimum absolute atomic E-state index is 0. The number of aromatic nitrogens is 2. The molecule has 1 aliphatic carbocycles. The molecule has 0 atom stereocenters. The monoisotopic (exact) mass is 1130 g/mol. The zero-order chi connectivity index (χ0) is 60.7. The van der Waals surface area contributed by atoms with Crippen molar-refractivity contribution in [3.63, 3.8) is 0 Å². The summed E-state index contributed by atoms with van der Waals surface area (Å²) in [6.07, 6.45) is 1.45. The van der Waals surface area contributed by atoms with Gasteiger partial charge in [-0.15, -0.1) is 48.1 Å². The second-order valence-electron chi connectivity index (χ2n) is 19.7. The van der Waals surface area contributed by atoms with Crippen molar-refractivity contribution in [1.29, 1.82) is 0 Å². The molecule has 0 unspecified atom stereocenters. The van der Waals surface area contributed by atoms with Crippen LogP contribution in [0.2, 0.25) is 0 Å². The van der Waals surface area contributed by atoms with E-state index in [0.29, 0.717) is 63.0 Å². The van der Waals surface area contributed by atoms with E-state index in [9.17, 15) is 8.22 Å². The molecule has 2 aliphatic rings. The van der Waals surface area contributed by atoms with E-state index >= 15 is 0 Å². The Labute approximate surface area is 458 Å². The van der Waals surface area contributed by atoms with Crippen LogP contribution < -0.4 is 14.5 Å². The summed E-state index contributed by atoms with van der Waals surface area (Å²) in [6, 6.07) is 33.9. The number of rotatable bonds is 10. The van der Waals surface area contributed by atoms with Gasteiger partial charge in [-0.05, 0) is 117 Å². The van der Waals surface area contributed by atoms with Crippen molar-refractivity contribution >= 4 is 44.6 Å². The van der Waals surface area contributed by atoms with Crippen LogP contribution in [0, 0.1) is 24.7 Å². The van der Waals surface area contributed by atoms with Gasteiger partial charge in [0, 0.05) is 75.2 Å². The Morgan fingerprint density at radius 2 is 1.33 bits per heavy atom. The van der Waals surface area contributed by atoms with Crippen LogP contribution in [0.1, 0.15) is 90.3 Å². The second-order valence-corrected chi connectivity index (χ2v) is 19.7. The average molecular weight is 1130 g/mol. The number of hydrogen-bond acceptors (Lipinski definition) is 4. The summed E-state index contributed by atoms with van der Waals surface area (Å²) >= 11 is 0. The molecule has 5 nitrogen and oxygen atoms in total. The largest absolute Gasteiger partial charge is 0.509 e. The number of hydrogen-bond donors (Lipinski definition) is 0. The molecule has 2 aromatic heterocycles. The number of fused-ring (bicyclic) bond motifs is 5. The van der Waals surface area contributed by atoms with E-state index in [-0.39, 0.29) is 73.1 Å². The summed E-state index contributed by atoms with van der Waals surface area (Å²) in [4.78, 5) is 8.39. The Kier molecular flexibility index (Phi) is 8.72. The minimum atomic E-state index is -1.62. The van der Waals surface area contributed by atoms with Crippen molar-refractivity contribution in [1.82, 2.24) is 9.55 Å². The van der Waals surface area contributed by atoms with E-state index in [1.54, 1.807) is 54.2 Å². The molecule has 0 radical (unpaired) electrons. The Morgan fingerprint density at radius 3 is 2.12 bits per heavy atom. The van der Waals surface area contributed by atoms with Gasteiger partial charge in [0.2, 0.25) is 0 Å². The van der Waals surface area contributed by atoms with Crippen LogP contribution in [0.25, 0.3) is 61.0 Å². The first-order valence-electron chi connectivity index (χ1n) is 30.9. The SMILES string of the molecule is [2H]c1c([2H])c([2H])c(-c2c([2H])c([2H])c([2H])c(-c3cccc(-c4c([2H])c([2H])c5c(c4[2H])C(C)(C)CCC5(C)C)c3N3[CH-]N(c4[c-]c(Oc5[c-]c6c(cc5)c5ccccc5n6-c5cc(C([2H])([2H])C(C)C)ccn5)ccc4)c4ccccc43)c2[2H])c([2H])c1[2H].[Pt]. The maximum absolute atomic E-state index is 10.2. The standard InChI is InChI=1S/C66H57N4O.Pt/c1-44(2)37-45-33-36-67-63(38-45)70-59-26-11-10-23-55(59)56-31-30-52(42-62(56)70)71-51-22-15-21-50(41-51)68-43-69(61-28-13-12-27-60(61)68)64-53(48-20-14-19-47(39-48)46-17-8-7-9-18-46)24-16-25-54(64)49-29-32-57-58(40-49)66(5,6)35-34-65(57,3)4;/h7-33,36,38-40,43-44H,34-35,37H2,1-6H3;/q-3;/i7D,8D,9D,14D,17D,18D,19D,20D,29D,32D,37D2,39D,40D;. The maximum Gasteiger partial charge on any atom is 0.135 e. The summed E-state index contributed by atoms with van der Waals surface area (Å²) in [5.41, 5.74) is 3.56. The van der Waals surface area contributed by atoms with Gasteiger partial charge in [0.25, 0.3) is 0 Å². The van der Waals surface area contributed by atoms with Gasteiger partial charge in [-0.3, -0.25) is 0 Å². The van der Waals surface area contributed by atoms with Gasteiger partial charge in [-0.1, -0.05) is 162 Å². The van der Waals surface area contributed by atoms with E-state index in [1.165, 1.54) is 0 Å². The quantitative estimate of drug-likeness (QED) is 0.128. The van der Waals surface area contributed by atoms with Crippen LogP contribution in [0.3, 0.4) is 0 Å². The van der Waals surface area contributed by atoms with Crippen molar-refractivity contribution < 1.29 is 45.0 Å². The molecule has 0 N–H and O–H groups in total. The second kappa shape index (κ2) is 18.8. The molecule has 3 heterocycles. The molecular weight excluding hydrogens is 1060 g/mol. The third-order valence-electron chi connectivity index (χ3n) is 13.6. The normalized spacial score (nSPS) is 17.5. The van der Waals surface area contributed by atoms with E-state index in [2.05, 4.69) is 12.1 Å². The van der Waals surface area contributed by atoms with Gasteiger partial charge >= 0.3 is 0 Å². The summed E-state index contributed by atoms with van der Waals surface area (Å²) in [6.45, 7) is 13.6. The fraction of sp³-hybridized carbons (Fsp3) is 0.182. The maximum atomic E-state index is 10.2. The molecule has 0 bridgehead atoms. The smallest absolute Gasteiger partial charge is 0.135 e. The number of pyridine rings is 1. The average Bonchev–Trinajstić information content (AvgIpc) is 0.951. The van der Waals surface area contributed by atoms with Gasteiger partial charge in [0.15, 0.2) is 0 Å². The Morgan fingerprint density at radius 1 is 0.653 bits per heavy atom. The number of anilines is 4. The third kappa shape index (κ3) is 8.52. The molecule has 1 aliphatic heterocycles. The molecule has 10 aromatic rings. The Balaban J connectivity index is 0.00000768. The number of para-hydroxylation sites is 4. The van der Waals surface area contributed by atoms with Crippen LogP contribution in [-0.2, 0) is 38.3 Å². The van der Waals surface area contributed by atoms with Gasteiger partial charge in [-0.25, -0.2) is 4.98 Å². The zero-order valence-electron chi connectivity index (χ0n) is 54.6. The molecule has 0 fully saturated rings. The van der Waals surface area contributed by atoms with E-state index in [4.69, 9.17) is 20.7 Å². The molecule has 0 saturated carbocycles. The van der Waals surface area contributed by atoms with Gasteiger partial charge < -0.3 is 19.1 Å². The molecule has 72 heavy (non-hydrogen) atoms. The molecule has 360 valence electrons. The third-order valence-corrected chi connectivity index (χ3v) is 13.6. The van der Waals surface area contributed by atoms with E-state index in [0.717, 1.165) is 22.7 Å². The van der Waals surface area contributed by atoms with Crippen LogP contribution in [0.5, 0.6) is 11.5 Å². The molecule has 6 heteroatoms. The zero-order valence-corrected chi connectivity index (χ0v) is 42.8. The summed E-state index contributed by atoms with van der Waals surface area (Å²) in [5, 5.41) is 1.83. The number of ether oxygens (including phenoxy) is 1. The first-order chi connectivity index (χ1) is 40.3. The summed E-state index contributed by atoms with van der Waals surface area (Å²) in [5.74, 6) is 0.909. The molecule has 0 amide bonds. The molecule has 12 rings (SSSR count). The number of benzene rings is 8. The summed E-state index contributed by atoms with van der Waals surface area (Å²) < 4.78 is 137. The fourth-order valence-corrected chi connectivity index (χ4v) is 9.99. The Bertz CT molecular complexity index is 4440. The summed E-state index contributed by atoms with van der Waals surface area (Å²) in [7, 11) is 0. The topological polar surface area (TPSA) is 33.5 Å². The van der Waals surface area contributed by atoms with Crippen LogP contribution in [0.4, 0.5) is 22.7 Å². The van der Waals surface area contributed by atoms with E-state index in [1.807, 2.05) is 124 Å². The molecule has 0 spiro atoms. The van der Waals surface area contributed by atoms with Crippen LogP contribution in [0.15, 0.2) is 188 Å². The van der Waals surface area contributed by atoms with Crippen molar-refractivity contribution in [2.45, 2.75) is 71.6 Å². The first kappa shape index (κ1) is 33.4. The van der Waals surface area contributed by atoms with Crippen molar-refractivity contribution in [3.8, 4) is 50.7 Å². The minimum Gasteiger partial charge on any atom is -0.509 e. The van der Waals surface area contributed by atoms with Gasteiger partial charge in [0.05, 0.1) is 16.4 Å². The first-order valence-corrected chi connectivity index (χ1v) is 23.9. The predicted molar refractivity (Wildman–Crippen MR) is 294 cm³/mol.